The topological polar surface area (TPSA) is 26.0 Å². The van der Waals surface area contributed by atoms with Gasteiger partial charge in [0.1, 0.15) is 6.26 Å². The van der Waals surface area contributed by atoms with Gasteiger partial charge in [-0.05, 0) is 24.0 Å². The maximum absolute atomic E-state index is 4.97. The smallest absolute Gasteiger partial charge is 0.124 e. The molecule has 16 heavy (non-hydrogen) atoms. The third kappa shape index (κ3) is 1.10. The summed E-state index contributed by atoms with van der Waals surface area (Å²) in [5.41, 5.74) is 3.53. The first-order valence-electron chi connectivity index (χ1n) is 5.50. The molecule has 0 bridgehead atoms. The minimum atomic E-state index is -0.149. The average molecular weight is 211 g/mol. The van der Waals surface area contributed by atoms with Gasteiger partial charge in [0.15, 0.2) is 0 Å². The molecule has 1 aliphatic carbocycles. The lowest BCUT2D eigenvalue weighted by Crippen LogP contribution is -2.21. The summed E-state index contributed by atoms with van der Waals surface area (Å²) >= 11 is 0. The van der Waals surface area contributed by atoms with E-state index in [1.54, 1.807) is 6.26 Å². The summed E-state index contributed by atoms with van der Waals surface area (Å²) in [5, 5.41) is 4.09. The average Bonchev–Trinajstić information content (AvgIpc) is 2.97. The molecule has 1 heterocycles. The van der Waals surface area contributed by atoms with Gasteiger partial charge in [0, 0.05) is 6.07 Å². The molecule has 2 aromatic rings. The van der Waals surface area contributed by atoms with Gasteiger partial charge < -0.3 is 4.52 Å². The lowest BCUT2D eigenvalue weighted by atomic mass is 9.79. The number of aromatic nitrogens is 1. The van der Waals surface area contributed by atoms with Crippen LogP contribution in [0, 0.1) is 0 Å². The molecule has 0 radical (unpaired) electrons. The minimum Gasteiger partial charge on any atom is -0.364 e. The van der Waals surface area contributed by atoms with Crippen molar-refractivity contribution in [3.05, 3.63) is 66.1 Å². The number of hydrogen-bond donors (Lipinski definition) is 0. The van der Waals surface area contributed by atoms with E-state index >= 15 is 0 Å². The molecule has 1 aliphatic rings. The van der Waals surface area contributed by atoms with Gasteiger partial charge >= 0.3 is 0 Å². The Morgan fingerprint density at radius 3 is 2.94 bits per heavy atom. The zero-order valence-electron chi connectivity index (χ0n) is 9.02. The molecule has 80 valence electrons. The standard InChI is InChI=1S/C14H13NO/c1-2-14(13-8-10-16-15-13)9-7-11-5-3-4-6-12(11)14/h2-6,8,10H,1,7,9H2. The van der Waals surface area contributed by atoms with E-state index in [0.29, 0.717) is 0 Å². The summed E-state index contributed by atoms with van der Waals surface area (Å²) in [4.78, 5) is 0. The van der Waals surface area contributed by atoms with Crippen molar-refractivity contribution in [1.82, 2.24) is 5.16 Å². The minimum absolute atomic E-state index is 0.149. The number of rotatable bonds is 2. The number of benzene rings is 1. The summed E-state index contributed by atoms with van der Waals surface area (Å²) in [6.07, 6.45) is 5.73. The highest BCUT2D eigenvalue weighted by Gasteiger charge is 2.39. The Bertz CT molecular complexity index is 515. The molecule has 1 unspecified atom stereocenters. The monoisotopic (exact) mass is 211 g/mol. The van der Waals surface area contributed by atoms with Gasteiger partial charge in [0.25, 0.3) is 0 Å². The van der Waals surface area contributed by atoms with E-state index in [1.165, 1.54) is 11.1 Å². The lowest BCUT2D eigenvalue weighted by Gasteiger charge is -2.23. The summed E-state index contributed by atoms with van der Waals surface area (Å²) in [6, 6.07) is 10.4. The first-order valence-corrected chi connectivity index (χ1v) is 5.50. The Balaban J connectivity index is 2.22. The molecule has 0 N–H and O–H groups in total. The van der Waals surface area contributed by atoms with Crippen molar-refractivity contribution >= 4 is 0 Å². The normalized spacial score (nSPS) is 23.0. The van der Waals surface area contributed by atoms with Crippen LogP contribution in [-0.4, -0.2) is 5.16 Å². The van der Waals surface area contributed by atoms with Crippen molar-refractivity contribution in [3.63, 3.8) is 0 Å². The highest BCUT2D eigenvalue weighted by atomic mass is 16.5. The molecule has 1 atom stereocenters. The molecular weight excluding hydrogens is 198 g/mol. The van der Waals surface area contributed by atoms with Crippen LogP contribution in [0.15, 0.2) is 53.8 Å². The Labute approximate surface area is 94.6 Å². The predicted octanol–water partition coefficient (Wildman–Crippen LogP) is 3.09. The molecule has 2 nitrogen and oxygen atoms in total. The van der Waals surface area contributed by atoms with Crippen LogP contribution in [0.3, 0.4) is 0 Å². The van der Waals surface area contributed by atoms with Crippen LogP contribution in [-0.2, 0) is 11.8 Å². The molecule has 2 heteroatoms. The molecule has 3 rings (SSSR count). The quantitative estimate of drug-likeness (QED) is 0.713. The molecule has 0 fully saturated rings. The van der Waals surface area contributed by atoms with E-state index in [2.05, 4.69) is 36.0 Å². The SMILES string of the molecule is C=CC1(c2ccon2)CCc2ccccc21. The van der Waals surface area contributed by atoms with E-state index in [4.69, 9.17) is 4.52 Å². The second-order valence-corrected chi connectivity index (χ2v) is 4.22. The first kappa shape index (κ1) is 9.40. The van der Waals surface area contributed by atoms with Crippen molar-refractivity contribution in [2.75, 3.05) is 0 Å². The summed E-state index contributed by atoms with van der Waals surface area (Å²) in [6.45, 7) is 3.99. The van der Waals surface area contributed by atoms with E-state index < -0.39 is 0 Å². The van der Waals surface area contributed by atoms with E-state index in [0.717, 1.165) is 18.5 Å². The zero-order valence-corrected chi connectivity index (χ0v) is 9.02. The molecule has 0 aliphatic heterocycles. The first-order chi connectivity index (χ1) is 7.87. The largest absolute Gasteiger partial charge is 0.364 e. The summed E-state index contributed by atoms with van der Waals surface area (Å²) in [5.74, 6) is 0. The van der Waals surface area contributed by atoms with Crippen LogP contribution in [0.1, 0.15) is 23.2 Å². The molecule has 0 spiro atoms. The highest BCUT2D eigenvalue weighted by Crippen LogP contribution is 2.44. The summed E-state index contributed by atoms with van der Waals surface area (Å²) < 4.78 is 4.97. The fraction of sp³-hybridized carbons (Fsp3) is 0.214. The highest BCUT2D eigenvalue weighted by molar-refractivity contribution is 5.49. The molecular formula is C14H13NO. The van der Waals surface area contributed by atoms with Gasteiger partial charge in [-0.1, -0.05) is 35.5 Å². The molecule has 1 aromatic carbocycles. The van der Waals surface area contributed by atoms with Gasteiger partial charge in [-0.25, -0.2) is 0 Å². The Morgan fingerprint density at radius 2 is 2.19 bits per heavy atom. The zero-order chi connectivity index (χ0) is 11.0. The van der Waals surface area contributed by atoms with Gasteiger partial charge in [-0.15, -0.1) is 6.58 Å². The van der Waals surface area contributed by atoms with Gasteiger partial charge in [-0.2, -0.15) is 0 Å². The van der Waals surface area contributed by atoms with E-state index in [1.807, 2.05) is 12.1 Å². The van der Waals surface area contributed by atoms with Crippen LogP contribution in [0.4, 0.5) is 0 Å². The van der Waals surface area contributed by atoms with Gasteiger partial charge in [-0.3, -0.25) is 0 Å². The molecule has 1 aromatic heterocycles. The predicted molar refractivity (Wildman–Crippen MR) is 62.2 cm³/mol. The molecule has 0 saturated carbocycles. The third-order valence-corrected chi connectivity index (χ3v) is 3.53. The maximum Gasteiger partial charge on any atom is 0.124 e. The second-order valence-electron chi connectivity index (χ2n) is 4.22. The van der Waals surface area contributed by atoms with E-state index in [-0.39, 0.29) is 5.41 Å². The van der Waals surface area contributed by atoms with Crippen LogP contribution in [0.2, 0.25) is 0 Å². The van der Waals surface area contributed by atoms with Crippen LogP contribution >= 0.6 is 0 Å². The molecule has 0 amide bonds. The van der Waals surface area contributed by atoms with Crippen molar-refractivity contribution in [2.45, 2.75) is 18.3 Å². The third-order valence-electron chi connectivity index (χ3n) is 3.53. The van der Waals surface area contributed by atoms with E-state index in [9.17, 15) is 0 Å². The fourth-order valence-corrected chi connectivity index (χ4v) is 2.67. The maximum atomic E-state index is 4.97. The van der Waals surface area contributed by atoms with Crippen molar-refractivity contribution < 1.29 is 4.52 Å². The number of aryl methyl sites for hydroxylation is 1. The van der Waals surface area contributed by atoms with Crippen molar-refractivity contribution in [3.8, 4) is 0 Å². The number of allylic oxidation sites excluding steroid dienone is 1. The van der Waals surface area contributed by atoms with Crippen LogP contribution in [0.5, 0.6) is 0 Å². The molecule has 0 saturated heterocycles. The summed E-state index contributed by atoms with van der Waals surface area (Å²) in [7, 11) is 0. The van der Waals surface area contributed by atoms with Gasteiger partial charge in [0.2, 0.25) is 0 Å². The number of hydrogen-bond acceptors (Lipinski definition) is 2. The van der Waals surface area contributed by atoms with Crippen molar-refractivity contribution in [1.29, 1.82) is 0 Å². The Hall–Kier alpha value is -1.83. The number of nitrogens with zero attached hydrogens (tertiary/aromatic N) is 1. The van der Waals surface area contributed by atoms with Crippen LogP contribution < -0.4 is 0 Å². The van der Waals surface area contributed by atoms with Crippen molar-refractivity contribution in [2.24, 2.45) is 0 Å². The fourth-order valence-electron chi connectivity index (χ4n) is 2.67. The second kappa shape index (κ2) is 3.34. The Morgan fingerprint density at radius 1 is 1.31 bits per heavy atom. The van der Waals surface area contributed by atoms with Crippen LogP contribution in [0.25, 0.3) is 0 Å². The number of fused-ring (bicyclic) bond motifs is 1. The lowest BCUT2D eigenvalue weighted by molar-refractivity contribution is 0.399. The Kier molecular flexibility index (Phi) is 1.96. The van der Waals surface area contributed by atoms with Gasteiger partial charge in [0.05, 0.1) is 11.1 Å².